The molecule has 0 saturated carbocycles. The number of benzene rings is 1. The molecule has 0 amide bonds. The Morgan fingerprint density at radius 2 is 2.06 bits per heavy atom. The van der Waals surface area contributed by atoms with Crippen molar-refractivity contribution in [1.82, 2.24) is 0 Å². The second-order valence-corrected chi connectivity index (χ2v) is 5.08. The van der Waals surface area contributed by atoms with Gasteiger partial charge < -0.3 is 0 Å². The summed E-state index contributed by atoms with van der Waals surface area (Å²) in [4.78, 5) is 0.673. The smallest absolute Gasteiger partial charge is 0.206 e. The van der Waals surface area contributed by atoms with Crippen LogP contribution in [0.4, 0.5) is 13.2 Å². The summed E-state index contributed by atoms with van der Waals surface area (Å²) in [5.74, 6) is -0.115. The molecule has 2 rings (SSSR count). The van der Waals surface area contributed by atoms with E-state index in [0.29, 0.717) is 4.90 Å². The maximum absolute atomic E-state index is 13.1. The maximum atomic E-state index is 13.1. The Morgan fingerprint density at radius 1 is 1.22 bits per heavy atom. The van der Waals surface area contributed by atoms with Crippen molar-refractivity contribution in [3.05, 3.63) is 53.4 Å². The Balaban J connectivity index is 2.03. The number of allylic oxidation sites excluding steroid dienone is 3. The second kappa shape index (κ2) is 6.14. The first-order valence-corrected chi connectivity index (χ1v) is 6.71. The van der Waals surface area contributed by atoms with Crippen LogP contribution in [0.3, 0.4) is 0 Å². The van der Waals surface area contributed by atoms with Crippen LogP contribution in [0.1, 0.15) is 24.8 Å². The van der Waals surface area contributed by atoms with E-state index in [0.717, 1.165) is 24.7 Å². The lowest BCUT2D eigenvalue weighted by Gasteiger charge is -2.08. The second-order valence-electron chi connectivity index (χ2n) is 4.03. The van der Waals surface area contributed by atoms with E-state index in [1.165, 1.54) is 23.4 Å². The van der Waals surface area contributed by atoms with Gasteiger partial charge in [-0.15, -0.1) is 11.8 Å². The number of alkyl halides is 2. The van der Waals surface area contributed by atoms with Crippen molar-refractivity contribution in [1.29, 1.82) is 0 Å². The molecule has 0 aliphatic heterocycles. The molecule has 0 fully saturated rings. The maximum Gasteiger partial charge on any atom is 0.266 e. The first-order valence-electron chi connectivity index (χ1n) is 5.73. The van der Waals surface area contributed by atoms with Gasteiger partial charge in [-0.1, -0.05) is 18.2 Å². The Morgan fingerprint density at radius 3 is 2.72 bits per heavy atom. The first kappa shape index (κ1) is 13.3. The molecule has 0 N–H and O–H groups in total. The molecular weight excluding hydrogens is 257 g/mol. The average molecular weight is 270 g/mol. The van der Waals surface area contributed by atoms with Crippen molar-refractivity contribution in [2.75, 3.05) is 5.75 Å². The van der Waals surface area contributed by atoms with Crippen LogP contribution < -0.4 is 0 Å². The molecule has 1 aromatic rings. The third-order valence-corrected chi connectivity index (χ3v) is 3.74. The van der Waals surface area contributed by atoms with E-state index in [1.807, 2.05) is 6.08 Å². The van der Waals surface area contributed by atoms with Crippen molar-refractivity contribution < 1.29 is 13.2 Å². The molecule has 0 unspecified atom stereocenters. The summed E-state index contributed by atoms with van der Waals surface area (Å²) in [5, 5.41) is 0. The Kier molecular flexibility index (Phi) is 4.53. The van der Waals surface area contributed by atoms with Crippen LogP contribution in [0.25, 0.3) is 0 Å². The molecule has 4 heteroatoms. The van der Waals surface area contributed by atoms with Crippen LogP contribution in [0.2, 0.25) is 0 Å². The molecule has 0 bridgehead atoms. The molecule has 0 heterocycles. The lowest BCUT2D eigenvalue weighted by Crippen LogP contribution is -1.92. The number of rotatable bonds is 4. The van der Waals surface area contributed by atoms with E-state index in [-0.39, 0.29) is 0 Å². The van der Waals surface area contributed by atoms with Crippen molar-refractivity contribution >= 4 is 11.8 Å². The number of hydrogen-bond donors (Lipinski definition) is 0. The highest BCUT2D eigenvalue weighted by Gasteiger charge is 2.13. The first-order chi connectivity index (χ1) is 8.66. The molecule has 0 radical (unpaired) electrons. The van der Waals surface area contributed by atoms with Crippen molar-refractivity contribution in [2.24, 2.45) is 0 Å². The zero-order valence-electron chi connectivity index (χ0n) is 9.70. The predicted molar refractivity (Wildman–Crippen MR) is 68.5 cm³/mol. The fraction of sp³-hybridized carbons (Fsp3) is 0.286. The fourth-order valence-corrected chi connectivity index (χ4v) is 2.64. The minimum atomic E-state index is -2.76. The van der Waals surface area contributed by atoms with Gasteiger partial charge in [0.05, 0.1) is 5.56 Å². The van der Waals surface area contributed by atoms with Gasteiger partial charge in [0.25, 0.3) is 6.43 Å². The highest BCUT2D eigenvalue weighted by molar-refractivity contribution is 7.99. The van der Waals surface area contributed by atoms with Gasteiger partial charge in [0.1, 0.15) is 5.82 Å². The Bertz CT molecular complexity index is 478. The number of hydrogen-bond acceptors (Lipinski definition) is 1. The highest BCUT2D eigenvalue weighted by atomic mass is 32.2. The SMILES string of the molecule is Fc1ccc(SCC2=CCCC=C2)cc1C(F)F. The number of thioether (sulfide) groups is 1. The predicted octanol–water partition coefficient (Wildman–Crippen LogP) is 5.13. The van der Waals surface area contributed by atoms with Crippen molar-refractivity contribution in [3.8, 4) is 0 Å². The quantitative estimate of drug-likeness (QED) is 0.683. The van der Waals surface area contributed by atoms with Crippen LogP contribution in [0.15, 0.2) is 46.9 Å². The third-order valence-electron chi connectivity index (χ3n) is 2.68. The normalized spacial score (nSPS) is 15.0. The van der Waals surface area contributed by atoms with Crippen LogP contribution >= 0.6 is 11.8 Å². The largest absolute Gasteiger partial charge is 0.266 e. The third kappa shape index (κ3) is 3.42. The topological polar surface area (TPSA) is 0 Å². The molecule has 0 atom stereocenters. The van der Waals surface area contributed by atoms with Gasteiger partial charge in [0, 0.05) is 10.6 Å². The molecule has 1 aliphatic rings. The van der Waals surface area contributed by atoms with Crippen molar-refractivity contribution in [2.45, 2.75) is 24.2 Å². The van der Waals surface area contributed by atoms with Gasteiger partial charge in [-0.05, 0) is 36.6 Å². The zero-order chi connectivity index (χ0) is 13.0. The molecule has 0 saturated heterocycles. The molecule has 1 aliphatic carbocycles. The van der Waals surface area contributed by atoms with E-state index in [4.69, 9.17) is 0 Å². The lowest BCUT2D eigenvalue weighted by molar-refractivity contribution is 0.146. The van der Waals surface area contributed by atoms with Gasteiger partial charge in [-0.2, -0.15) is 0 Å². The van der Waals surface area contributed by atoms with Gasteiger partial charge in [0.15, 0.2) is 0 Å². The molecule has 18 heavy (non-hydrogen) atoms. The Labute approximate surface area is 109 Å². The van der Waals surface area contributed by atoms with Gasteiger partial charge in [0.2, 0.25) is 0 Å². The summed E-state index contributed by atoms with van der Waals surface area (Å²) in [7, 11) is 0. The van der Waals surface area contributed by atoms with Gasteiger partial charge in [-0.25, -0.2) is 13.2 Å². The van der Waals surface area contributed by atoms with Gasteiger partial charge >= 0.3 is 0 Å². The summed E-state index contributed by atoms with van der Waals surface area (Å²) >= 11 is 1.45. The average Bonchev–Trinajstić information content (AvgIpc) is 2.38. The minimum absolute atomic E-state index is 0.520. The van der Waals surface area contributed by atoms with E-state index < -0.39 is 17.8 Å². The molecule has 0 nitrogen and oxygen atoms in total. The number of halogens is 3. The van der Waals surface area contributed by atoms with E-state index in [2.05, 4.69) is 12.2 Å². The highest BCUT2D eigenvalue weighted by Crippen LogP contribution is 2.29. The summed E-state index contributed by atoms with van der Waals surface area (Å²) in [6, 6.07) is 3.88. The summed E-state index contributed by atoms with van der Waals surface area (Å²) in [6.45, 7) is 0. The van der Waals surface area contributed by atoms with E-state index >= 15 is 0 Å². The van der Waals surface area contributed by atoms with Crippen molar-refractivity contribution in [3.63, 3.8) is 0 Å². The van der Waals surface area contributed by atoms with Crippen LogP contribution in [-0.4, -0.2) is 5.75 Å². The molecular formula is C14H13F3S. The van der Waals surface area contributed by atoms with E-state index in [9.17, 15) is 13.2 Å². The molecule has 96 valence electrons. The van der Waals surface area contributed by atoms with Crippen LogP contribution in [0.5, 0.6) is 0 Å². The van der Waals surface area contributed by atoms with E-state index in [1.54, 1.807) is 6.07 Å². The van der Waals surface area contributed by atoms with Gasteiger partial charge in [-0.3, -0.25) is 0 Å². The zero-order valence-corrected chi connectivity index (χ0v) is 10.5. The molecule has 1 aromatic carbocycles. The summed E-state index contributed by atoms with van der Waals surface area (Å²) < 4.78 is 38.2. The van der Waals surface area contributed by atoms with Crippen LogP contribution in [-0.2, 0) is 0 Å². The van der Waals surface area contributed by atoms with Crippen LogP contribution in [0, 0.1) is 5.82 Å². The standard InChI is InChI=1S/C14H13F3S/c15-13-7-6-11(8-12(13)14(16)17)18-9-10-4-2-1-3-5-10/h2,4-8,14H,1,3,9H2. The minimum Gasteiger partial charge on any atom is -0.206 e. The fourth-order valence-electron chi connectivity index (χ4n) is 1.72. The molecule has 0 spiro atoms. The monoisotopic (exact) mass is 270 g/mol. The lowest BCUT2D eigenvalue weighted by atomic mass is 10.1. The molecule has 0 aromatic heterocycles. The summed E-state index contributed by atoms with van der Waals surface area (Å²) in [5.41, 5.74) is 0.669. The summed E-state index contributed by atoms with van der Waals surface area (Å²) in [6.07, 6.45) is 5.61. The Hall–Kier alpha value is -1.16.